The SMILES string of the molecule is NC(=O)N1C(=O)C2CC=C3C(CC4(Cl)C(=O)N(c5ccc(F)cc5)C(=O)C4(Cl)C3c3ccc(O)c(F)c3)C2C1=O. The molecule has 1 saturated carbocycles. The number of phenols is 1. The van der Waals surface area contributed by atoms with Crippen molar-refractivity contribution in [2.45, 2.75) is 28.5 Å². The Bertz CT molecular complexity index is 1580. The number of benzene rings is 2. The Morgan fingerprint density at radius 2 is 1.65 bits per heavy atom. The van der Waals surface area contributed by atoms with Crippen LogP contribution in [0.2, 0.25) is 0 Å². The molecule has 0 aromatic heterocycles. The molecule has 0 radical (unpaired) electrons. The Hall–Kier alpha value is -3.83. The predicted octanol–water partition coefficient (Wildman–Crippen LogP) is 3.31. The molecule has 2 aromatic rings. The summed E-state index contributed by atoms with van der Waals surface area (Å²) in [5, 5.41) is 9.81. The molecule has 13 heteroatoms. The molecule has 4 aliphatic rings. The van der Waals surface area contributed by atoms with Crippen molar-refractivity contribution in [1.82, 2.24) is 4.90 Å². The third kappa shape index (κ3) is 3.21. The number of carbonyl (C=O) groups is 5. The summed E-state index contributed by atoms with van der Waals surface area (Å²) in [4.78, 5) is 62.9. The van der Waals surface area contributed by atoms with Gasteiger partial charge in [-0.3, -0.25) is 19.2 Å². The highest BCUT2D eigenvalue weighted by Gasteiger charge is 2.76. The third-order valence-corrected chi connectivity index (χ3v) is 9.83. The molecule has 3 fully saturated rings. The van der Waals surface area contributed by atoms with Crippen molar-refractivity contribution in [3.8, 4) is 5.75 Å². The lowest BCUT2D eigenvalue weighted by Crippen LogP contribution is -2.60. The van der Waals surface area contributed by atoms with Crippen molar-refractivity contribution >= 4 is 58.5 Å². The van der Waals surface area contributed by atoms with E-state index in [-0.39, 0.29) is 24.1 Å². The molecule has 0 spiro atoms. The van der Waals surface area contributed by atoms with Gasteiger partial charge in [-0.05, 0) is 60.7 Å². The number of nitrogens with zero attached hydrogens (tertiary/aromatic N) is 2. The van der Waals surface area contributed by atoms with Crippen molar-refractivity contribution in [3.05, 3.63) is 71.3 Å². The average molecular weight is 590 g/mol. The zero-order valence-electron chi connectivity index (χ0n) is 20.3. The van der Waals surface area contributed by atoms with Crippen LogP contribution in [0, 0.1) is 29.4 Å². The lowest BCUT2D eigenvalue weighted by atomic mass is 9.56. The average Bonchev–Trinajstić information content (AvgIpc) is 3.25. The maximum atomic E-state index is 14.6. The number of carbonyl (C=O) groups excluding carboxylic acids is 5. The predicted molar refractivity (Wildman–Crippen MR) is 136 cm³/mol. The van der Waals surface area contributed by atoms with Gasteiger partial charge in [-0.15, -0.1) is 23.2 Å². The Balaban J connectivity index is 1.57. The summed E-state index contributed by atoms with van der Waals surface area (Å²) in [6, 6.07) is 6.55. The number of hydrogen-bond acceptors (Lipinski definition) is 6. The van der Waals surface area contributed by atoms with E-state index in [1.807, 2.05) is 0 Å². The van der Waals surface area contributed by atoms with Gasteiger partial charge in [0.15, 0.2) is 21.3 Å². The third-order valence-electron chi connectivity index (χ3n) is 8.42. The van der Waals surface area contributed by atoms with Crippen molar-refractivity contribution in [1.29, 1.82) is 0 Å². The summed E-state index contributed by atoms with van der Waals surface area (Å²) < 4.78 is 28.3. The number of aromatic hydroxyl groups is 1. The van der Waals surface area contributed by atoms with Crippen LogP contribution in [0.1, 0.15) is 24.3 Å². The van der Waals surface area contributed by atoms with Gasteiger partial charge in [0.1, 0.15) is 5.82 Å². The molecular formula is C27H19Cl2F2N3O6. The molecule has 2 aliphatic heterocycles. The fourth-order valence-electron chi connectivity index (χ4n) is 6.69. The number of rotatable bonds is 2. The number of phenolic OH excluding ortho intramolecular Hbond substituents is 1. The maximum Gasteiger partial charge on any atom is 0.328 e. The Morgan fingerprint density at radius 3 is 2.27 bits per heavy atom. The Kier molecular flexibility index (Phi) is 5.66. The van der Waals surface area contributed by atoms with Gasteiger partial charge in [0.05, 0.1) is 17.5 Å². The summed E-state index contributed by atoms with van der Waals surface area (Å²) >= 11 is 14.2. The van der Waals surface area contributed by atoms with Gasteiger partial charge in [0, 0.05) is 5.92 Å². The number of likely N-dealkylation sites (tertiary alicyclic amines) is 1. The van der Waals surface area contributed by atoms with E-state index in [1.165, 1.54) is 18.2 Å². The van der Waals surface area contributed by atoms with Gasteiger partial charge in [-0.25, -0.2) is 18.5 Å². The van der Waals surface area contributed by atoms with E-state index in [2.05, 4.69) is 0 Å². The first-order valence-corrected chi connectivity index (χ1v) is 13.0. The van der Waals surface area contributed by atoms with Gasteiger partial charge < -0.3 is 10.8 Å². The molecule has 6 unspecified atom stereocenters. The molecule has 2 aromatic carbocycles. The first kappa shape index (κ1) is 26.4. The number of halogens is 4. The fourth-order valence-corrected chi connectivity index (χ4v) is 7.63. The van der Waals surface area contributed by atoms with E-state index in [1.54, 1.807) is 6.08 Å². The number of primary amides is 1. The molecule has 6 rings (SSSR count). The molecule has 2 saturated heterocycles. The molecule has 0 bridgehead atoms. The van der Waals surface area contributed by atoms with Crippen LogP contribution in [-0.2, 0) is 19.2 Å². The summed E-state index contributed by atoms with van der Waals surface area (Å²) in [7, 11) is 0. The van der Waals surface area contributed by atoms with Gasteiger partial charge in [-0.2, -0.15) is 4.90 Å². The van der Waals surface area contributed by atoms with E-state index in [0.29, 0.717) is 10.5 Å². The van der Waals surface area contributed by atoms with E-state index in [4.69, 9.17) is 28.9 Å². The second-order valence-electron chi connectivity index (χ2n) is 10.3. The zero-order chi connectivity index (χ0) is 28.9. The van der Waals surface area contributed by atoms with Crippen LogP contribution in [0.25, 0.3) is 0 Å². The van der Waals surface area contributed by atoms with Crippen molar-refractivity contribution in [2.75, 3.05) is 4.90 Å². The first-order chi connectivity index (χ1) is 18.8. The highest BCUT2D eigenvalue weighted by Crippen LogP contribution is 2.65. The van der Waals surface area contributed by atoms with E-state index < -0.39 is 80.5 Å². The number of nitrogens with two attached hydrogens (primary N) is 1. The lowest BCUT2D eigenvalue weighted by molar-refractivity contribution is -0.136. The minimum atomic E-state index is -2.26. The van der Waals surface area contributed by atoms with E-state index in [0.717, 1.165) is 29.2 Å². The molecule has 3 N–H and O–H groups in total. The molecule has 6 atom stereocenters. The molecule has 2 heterocycles. The largest absolute Gasteiger partial charge is 0.505 e. The normalized spacial score (nSPS) is 33.0. The summed E-state index contributed by atoms with van der Waals surface area (Å²) in [5.41, 5.74) is 5.72. The summed E-state index contributed by atoms with van der Waals surface area (Å²) in [5.74, 6) is -10.3. The number of urea groups is 1. The van der Waals surface area contributed by atoms with Gasteiger partial charge in [0.25, 0.3) is 11.8 Å². The minimum absolute atomic E-state index is 0.0108. The van der Waals surface area contributed by atoms with Crippen LogP contribution < -0.4 is 10.6 Å². The number of anilines is 1. The van der Waals surface area contributed by atoms with Crippen LogP contribution in [-0.4, -0.2) is 49.4 Å². The lowest BCUT2D eigenvalue weighted by Gasteiger charge is -2.50. The van der Waals surface area contributed by atoms with Gasteiger partial charge >= 0.3 is 6.03 Å². The highest BCUT2D eigenvalue weighted by atomic mass is 35.5. The number of alkyl halides is 2. The minimum Gasteiger partial charge on any atom is -0.505 e. The Labute approximate surface area is 235 Å². The topological polar surface area (TPSA) is 138 Å². The quantitative estimate of drug-likeness (QED) is 0.313. The van der Waals surface area contributed by atoms with Crippen LogP contribution >= 0.6 is 23.2 Å². The molecule has 9 nitrogen and oxygen atoms in total. The second kappa shape index (κ2) is 8.58. The van der Waals surface area contributed by atoms with Crippen molar-refractivity contribution in [3.63, 3.8) is 0 Å². The van der Waals surface area contributed by atoms with Crippen LogP contribution in [0.15, 0.2) is 54.1 Å². The van der Waals surface area contributed by atoms with Crippen molar-refractivity contribution in [2.24, 2.45) is 23.5 Å². The van der Waals surface area contributed by atoms with Crippen LogP contribution in [0.4, 0.5) is 19.3 Å². The van der Waals surface area contributed by atoms with Crippen LogP contribution in [0.5, 0.6) is 5.75 Å². The van der Waals surface area contributed by atoms with E-state index >= 15 is 0 Å². The maximum absolute atomic E-state index is 14.6. The van der Waals surface area contributed by atoms with Gasteiger partial charge in [0.2, 0.25) is 11.8 Å². The number of imide groups is 4. The zero-order valence-corrected chi connectivity index (χ0v) is 21.8. The smallest absolute Gasteiger partial charge is 0.328 e. The second-order valence-corrected chi connectivity index (χ2v) is 11.6. The van der Waals surface area contributed by atoms with Crippen molar-refractivity contribution < 1.29 is 37.9 Å². The number of amides is 6. The standard InChI is InChI=1S/C27H19Cl2F2N3O6/c28-26-10-16-14(6-7-15-19(16)22(37)34(21(15)36)25(32)40)20(11-1-8-18(35)17(31)9-11)27(26,29)24(39)33(23(26)38)13-4-2-12(30)3-5-13/h1-6,8-9,15-16,19-20,35H,7,10H2,(H2,32,40). The summed E-state index contributed by atoms with van der Waals surface area (Å²) in [6.45, 7) is 0. The monoisotopic (exact) mass is 589 g/mol. The van der Waals surface area contributed by atoms with Gasteiger partial charge in [-0.1, -0.05) is 17.7 Å². The molecule has 6 amide bonds. The molecule has 2 aliphatic carbocycles. The van der Waals surface area contributed by atoms with Crippen LogP contribution in [0.3, 0.4) is 0 Å². The number of allylic oxidation sites excluding steroid dienone is 2. The number of hydrogen-bond donors (Lipinski definition) is 2. The molecular weight excluding hydrogens is 571 g/mol. The molecule has 206 valence electrons. The Morgan fingerprint density at radius 1 is 0.975 bits per heavy atom. The first-order valence-electron chi connectivity index (χ1n) is 12.2. The highest BCUT2D eigenvalue weighted by molar-refractivity contribution is 6.58. The molecule has 40 heavy (non-hydrogen) atoms. The fraction of sp³-hybridized carbons (Fsp3) is 0.296. The number of fused-ring (bicyclic) bond motifs is 4. The van der Waals surface area contributed by atoms with E-state index in [9.17, 15) is 37.9 Å². The summed E-state index contributed by atoms with van der Waals surface area (Å²) in [6.07, 6.45) is 1.19.